The van der Waals surface area contributed by atoms with Gasteiger partial charge in [0.15, 0.2) is 0 Å². The van der Waals surface area contributed by atoms with Crippen molar-refractivity contribution in [1.82, 2.24) is 5.48 Å². The molecule has 0 heterocycles. The number of hydrogen-bond acceptors (Lipinski definition) is 3. The summed E-state index contributed by atoms with van der Waals surface area (Å²) < 4.78 is 0. The van der Waals surface area contributed by atoms with E-state index in [4.69, 9.17) is 9.94 Å². The Balaban J connectivity index is 3.48. The van der Waals surface area contributed by atoms with Crippen molar-refractivity contribution in [2.75, 3.05) is 13.2 Å². The normalized spacial score (nSPS) is 12.2. The van der Waals surface area contributed by atoms with E-state index in [0.717, 1.165) is 11.6 Å². The Labute approximate surface area is 78.5 Å². The molecule has 0 saturated carbocycles. The summed E-state index contributed by atoms with van der Waals surface area (Å²) in [5, 5.41) is 8.38. The van der Waals surface area contributed by atoms with Crippen molar-refractivity contribution in [2.45, 2.75) is 20.8 Å². The Kier molecular flexibility index (Phi) is 6.18. The molecule has 0 aliphatic rings. The number of hydrogen-bond donors (Lipinski definition) is 2. The van der Waals surface area contributed by atoms with E-state index in [1.807, 2.05) is 13.8 Å². The fraction of sp³-hybridized carbons (Fsp3) is 0.667. The minimum Gasteiger partial charge on any atom is -0.478 e. The predicted molar refractivity (Wildman–Crippen MR) is 50.2 cm³/mol. The number of carboxylic acids is 1. The van der Waals surface area contributed by atoms with Crippen LogP contribution in [0.5, 0.6) is 0 Å². The molecule has 2 N–H and O–H groups in total. The summed E-state index contributed by atoms with van der Waals surface area (Å²) in [6.45, 7) is 6.89. The molecule has 4 nitrogen and oxygen atoms in total. The van der Waals surface area contributed by atoms with Crippen molar-refractivity contribution >= 4 is 5.97 Å². The van der Waals surface area contributed by atoms with Gasteiger partial charge in [0.25, 0.3) is 0 Å². The van der Waals surface area contributed by atoms with E-state index in [1.54, 1.807) is 6.92 Å². The third-order valence-electron chi connectivity index (χ3n) is 1.24. The molecule has 0 aromatic heterocycles. The second kappa shape index (κ2) is 6.62. The minimum absolute atomic E-state index is 0.443. The molecule has 0 fully saturated rings. The van der Waals surface area contributed by atoms with Crippen molar-refractivity contribution in [2.24, 2.45) is 5.92 Å². The largest absolute Gasteiger partial charge is 0.478 e. The number of carbonyl (C=O) groups is 1. The fourth-order valence-corrected chi connectivity index (χ4v) is 0.652. The van der Waals surface area contributed by atoms with Gasteiger partial charge in [-0.25, -0.2) is 4.79 Å². The highest BCUT2D eigenvalue weighted by atomic mass is 16.6. The van der Waals surface area contributed by atoms with Crippen LogP contribution in [0.2, 0.25) is 0 Å². The Morgan fingerprint density at radius 3 is 2.69 bits per heavy atom. The molecule has 0 radical (unpaired) electrons. The van der Waals surface area contributed by atoms with Crippen molar-refractivity contribution < 1.29 is 14.7 Å². The van der Waals surface area contributed by atoms with Crippen LogP contribution in [0.3, 0.4) is 0 Å². The Morgan fingerprint density at radius 1 is 1.62 bits per heavy atom. The Hall–Kier alpha value is -0.870. The first kappa shape index (κ1) is 12.1. The standard InChI is InChI=1S/C9H17NO3/c1-7(2)6-13-10-5-8(3)4-9(11)12/h4,7,10H,5-6H2,1-3H3,(H,11,12). The molecular weight excluding hydrogens is 170 g/mol. The molecule has 0 unspecified atom stereocenters. The van der Waals surface area contributed by atoms with Crippen LogP contribution < -0.4 is 5.48 Å². The molecule has 0 aliphatic carbocycles. The summed E-state index contributed by atoms with van der Waals surface area (Å²) in [4.78, 5) is 15.3. The average molecular weight is 187 g/mol. The van der Waals surface area contributed by atoms with Crippen LogP contribution in [0.15, 0.2) is 11.6 Å². The summed E-state index contributed by atoms with van der Waals surface area (Å²) in [7, 11) is 0. The monoisotopic (exact) mass is 187 g/mol. The Bertz CT molecular complexity index is 187. The van der Waals surface area contributed by atoms with Crippen molar-refractivity contribution in [3.05, 3.63) is 11.6 Å². The molecular formula is C9H17NO3. The summed E-state index contributed by atoms with van der Waals surface area (Å²) >= 11 is 0. The second-order valence-corrected chi connectivity index (χ2v) is 3.35. The maximum absolute atomic E-state index is 10.2. The summed E-state index contributed by atoms with van der Waals surface area (Å²) in [6.07, 6.45) is 1.16. The lowest BCUT2D eigenvalue weighted by molar-refractivity contribution is -0.131. The maximum Gasteiger partial charge on any atom is 0.328 e. The van der Waals surface area contributed by atoms with E-state index in [-0.39, 0.29) is 0 Å². The van der Waals surface area contributed by atoms with E-state index in [0.29, 0.717) is 19.1 Å². The van der Waals surface area contributed by atoms with E-state index in [2.05, 4.69) is 5.48 Å². The van der Waals surface area contributed by atoms with Crippen molar-refractivity contribution in [1.29, 1.82) is 0 Å². The third kappa shape index (κ3) is 9.04. The Morgan fingerprint density at radius 2 is 2.23 bits per heavy atom. The topological polar surface area (TPSA) is 58.6 Å². The van der Waals surface area contributed by atoms with Crippen LogP contribution in [0, 0.1) is 5.92 Å². The number of rotatable bonds is 6. The zero-order valence-corrected chi connectivity index (χ0v) is 8.33. The highest BCUT2D eigenvalue weighted by Crippen LogP contribution is 1.92. The van der Waals surface area contributed by atoms with Gasteiger partial charge in [-0.1, -0.05) is 13.8 Å². The van der Waals surface area contributed by atoms with Crippen LogP contribution in [0.25, 0.3) is 0 Å². The lowest BCUT2D eigenvalue weighted by atomic mass is 10.2. The van der Waals surface area contributed by atoms with Gasteiger partial charge in [0.1, 0.15) is 0 Å². The smallest absolute Gasteiger partial charge is 0.328 e. The average Bonchev–Trinajstić information content (AvgIpc) is 1.96. The first-order chi connectivity index (χ1) is 6.02. The van der Waals surface area contributed by atoms with Crippen LogP contribution in [-0.4, -0.2) is 24.2 Å². The van der Waals surface area contributed by atoms with Gasteiger partial charge in [0.2, 0.25) is 0 Å². The van der Waals surface area contributed by atoms with E-state index in [9.17, 15) is 4.79 Å². The van der Waals surface area contributed by atoms with Gasteiger partial charge >= 0.3 is 5.97 Å². The van der Waals surface area contributed by atoms with Crippen LogP contribution in [-0.2, 0) is 9.63 Å². The molecule has 0 bridgehead atoms. The van der Waals surface area contributed by atoms with Gasteiger partial charge in [-0.05, 0) is 18.4 Å². The molecule has 0 aromatic carbocycles. The van der Waals surface area contributed by atoms with Crippen LogP contribution in [0.1, 0.15) is 20.8 Å². The first-order valence-corrected chi connectivity index (χ1v) is 4.27. The maximum atomic E-state index is 10.2. The molecule has 0 aliphatic heterocycles. The van der Waals surface area contributed by atoms with E-state index in [1.165, 1.54) is 0 Å². The van der Waals surface area contributed by atoms with Gasteiger partial charge in [0.05, 0.1) is 6.61 Å². The SMILES string of the molecule is CC(=CC(=O)O)CNOCC(C)C. The lowest BCUT2D eigenvalue weighted by Gasteiger charge is -2.07. The molecule has 13 heavy (non-hydrogen) atoms. The summed E-state index contributed by atoms with van der Waals surface area (Å²) in [5.74, 6) is -0.459. The molecule has 0 rings (SSSR count). The quantitative estimate of drug-likeness (QED) is 0.372. The summed E-state index contributed by atoms with van der Waals surface area (Å²) in [5.41, 5.74) is 3.42. The first-order valence-electron chi connectivity index (χ1n) is 4.27. The van der Waals surface area contributed by atoms with E-state index >= 15 is 0 Å². The fourth-order valence-electron chi connectivity index (χ4n) is 0.652. The zero-order chi connectivity index (χ0) is 10.3. The van der Waals surface area contributed by atoms with Gasteiger partial charge < -0.3 is 9.94 Å². The number of aliphatic carboxylic acids is 1. The van der Waals surface area contributed by atoms with Crippen LogP contribution >= 0.6 is 0 Å². The van der Waals surface area contributed by atoms with Crippen molar-refractivity contribution in [3.8, 4) is 0 Å². The molecule has 0 spiro atoms. The number of hydroxylamine groups is 1. The van der Waals surface area contributed by atoms with Gasteiger partial charge in [-0.2, -0.15) is 5.48 Å². The van der Waals surface area contributed by atoms with Gasteiger partial charge in [-0.3, -0.25) is 0 Å². The van der Waals surface area contributed by atoms with Gasteiger partial charge in [0, 0.05) is 12.6 Å². The zero-order valence-electron chi connectivity index (χ0n) is 8.33. The molecule has 76 valence electrons. The molecule has 0 atom stereocenters. The van der Waals surface area contributed by atoms with Crippen LogP contribution in [0.4, 0.5) is 0 Å². The highest BCUT2D eigenvalue weighted by Gasteiger charge is 1.95. The van der Waals surface area contributed by atoms with E-state index < -0.39 is 5.97 Å². The molecule has 0 saturated heterocycles. The number of nitrogens with one attached hydrogen (secondary N) is 1. The third-order valence-corrected chi connectivity index (χ3v) is 1.24. The van der Waals surface area contributed by atoms with Gasteiger partial charge in [-0.15, -0.1) is 0 Å². The number of carboxylic acid groups (broad SMARTS) is 1. The molecule has 0 aromatic rings. The van der Waals surface area contributed by atoms with Crippen molar-refractivity contribution in [3.63, 3.8) is 0 Å². The highest BCUT2D eigenvalue weighted by molar-refractivity contribution is 5.80. The minimum atomic E-state index is -0.928. The molecule has 0 amide bonds. The predicted octanol–water partition coefficient (Wildman–Crippen LogP) is 1.19. The summed E-state index contributed by atoms with van der Waals surface area (Å²) in [6, 6.07) is 0. The lowest BCUT2D eigenvalue weighted by Crippen LogP contribution is -2.20. The molecule has 4 heteroatoms. The second-order valence-electron chi connectivity index (χ2n) is 3.35.